The summed E-state index contributed by atoms with van der Waals surface area (Å²) in [5.41, 5.74) is 17.4. The molecule has 0 N–H and O–H groups in total. The molecule has 0 atom stereocenters. The van der Waals surface area contributed by atoms with Crippen LogP contribution < -0.4 is 14.5 Å². The van der Waals surface area contributed by atoms with E-state index in [-0.39, 0.29) is 42.7 Å². The fourth-order valence-corrected chi connectivity index (χ4v) is 10.9. The Bertz CT molecular complexity index is 3200. The van der Waals surface area contributed by atoms with E-state index in [9.17, 15) is 0 Å². The molecule has 8 aromatic rings. The van der Waals surface area contributed by atoms with Gasteiger partial charge in [0.1, 0.15) is 5.82 Å². The summed E-state index contributed by atoms with van der Waals surface area (Å²) in [5.74, 6) is 2.02. The maximum Gasteiger partial charge on any atom is 0.135 e. The Balaban J connectivity index is 0.00000511. The van der Waals surface area contributed by atoms with Crippen molar-refractivity contribution in [3.05, 3.63) is 173 Å². The van der Waals surface area contributed by atoms with E-state index in [2.05, 4.69) is 195 Å². The molecule has 0 radical (unpaired) electrons. The van der Waals surface area contributed by atoms with Gasteiger partial charge in [0.25, 0.3) is 0 Å². The predicted octanol–water partition coefficient (Wildman–Crippen LogP) is 14.5. The summed E-state index contributed by atoms with van der Waals surface area (Å²) in [6.07, 6.45) is 5.55. The first-order valence-corrected chi connectivity index (χ1v) is 23.0. The number of hydrogen-bond acceptors (Lipinski definition) is 5. The molecule has 0 unspecified atom stereocenters. The largest absolute Gasteiger partial charge is 0.509 e. The summed E-state index contributed by atoms with van der Waals surface area (Å²) in [5, 5.41) is 2.14. The molecule has 6 nitrogen and oxygen atoms in total. The smallest absolute Gasteiger partial charge is 0.135 e. The second-order valence-corrected chi connectivity index (χ2v) is 22.6. The second-order valence-electron chi connectivity index (χ2n) is 22.6. The Morgan fingerprint density at radius 1 is 0.621 bits per heavy atom. The molecule has 0 saturated carbocycles. The van der Waals surface area contributed by atoms with Gasteiger partial charge in [0, 0.05) is 61.7 Å². The third-order valence-electron chi connectivity index (χ3n) is 14.1. The molecule has 11 rings (SSSR count). The Labute approximate surface area is 405 Å². The first kappa shape index (κ1) is 44.1. The molecule has 0 saturated heterocycles. The number of benzene rings is 5. The number of para-hydroxylation sites is 1. The maximum atomic E-state index is 6.90. The molecule has 5 aromatic carbocycles. The summed E-state index contributed by atoms with van der Waals surface area (Å²) in [6, 6.07) is 41.3. The number of aromatic nitrogens is 3. The van der Waals surface area contributed by atoms with Crippen molar-refractivity contribution in [3.63, 3.8) is 0 Å². The third kappa shape index (κ3) is 6.37. The van der Waals surface area contributed by atoms with E-state index < -0.39 is 5.41 Å². The van der Waals surface area contributed by atoms with E-state index >= 15 is 0 Å². The monoisotopic (exact) mass is 1050 g/mol. The van der Waals surface area contributed by atoms with Crippen LogP contribution in [-0.2, 0) is 48.1 Å². The van der Waals surface area contributed by atoms with E-state index in [1.807, 2.05) is 42.9 Å². The van der Waals surface area contributed by atoms with E-state index in [1.54, 1.807) is 0 Å². The molecule has 3 aromatic heterocycles. The van der Waals surface area contributed by atoms with Gasteiger partial charge in [-0.15, -0.1) is 35.2 Å². The first-order valence-electron chi connectivity index (χ1n) is 23.0. The van der Waals surface area contributed by atoms with Crippen molar-refractivity contribution in [1.29, 1.82) is 0 Å². The van der Waals surface area contributed by atoms with Crippen molar-refractivity contribution >= 4 is 38.9 Å². The van der Waals surface area contributed by atoms with Gasteiger partial charge in [-0.3, -0.25) is 4.98 Å². The van der Waals surface area contributed by atoms with Crippen LogP contribution in [0.3, 0.4) is 0 Å². The molecular weight excluding hydrogens is 990 g/mol. The van der Waals surface area contributed by atoms with Crippen molar-refractivity contribution < 1.29 is 25.8 Å². The van der Waals surface area contributed by atoms with Gasteiger partial charge < -0.3 is 19.1 Å². The number of anilines is 3. The maximum absolute atomic E-state index is 6.90. The average Bonchev–Trinajstić information content (AvgIpc) is 3.87. The molecular formula is C59H58N5OPt-3. The van der Waals surface area contributed by atoms with Gasteiger partial charge in [-0.25, -0.2) is 4.98 Å². The van der Waals surface area contributed by atoms with Crippen LogP contribution in [0.5, 0.6) is 11.5 Å². The molecule has 338 valence electrons. The summed E-state index contributed by atoms with van der Waals surface area (Å²) in [6.45, 7) is 30.7. The van der Waals surface area contributed by atoms with Crippen LogP contribution in [0.2, 0.25) is 0 Å². The van der Waals surface area contributed by atoms with Crippen LogP contribution >= 0.6 is 0 Å². The zero-order valence-electron chi connectivity index (χ0n) is 40.4. The zero-order valence-corrected chi connectivity index (χ0v) is 42.7. The number of nitrogens with zero attached hydrogens (tertiary/aromatic N) is 5. The molecule has 66 heavy (non-hydrogen) atoms. The van der Waals surface area contributed by atoms with E-state index in [0.29, 0.717) is 11.5 Å². The number of ether oxygens (including phenoxy) is 1. The van der Waals surface area contributed by atoms with Crippen molar-refractivity contribution in [2.24, 2.45) is 0 Å². The topological polar surface area (TPSA) is 46.4 Å². The third-order valence-corrected chi connectivity index (χ3v) is 14.1. The van der Waals surface area contributed by atoms with Gasteiger partial charge in [-0.2, -0.15) is 18.8 Å². The van der Waals surface area contributed by atoms with Gasteiger partial charge in [-0.05, 0) is 108 Å². The molecule has 2 aliphatic heterocycles. The van der Waals surface area contributed by atoms with Crippen molar-refractivity contribution in [2.75, 3.05) is 16.8 Å². The van der Waals surface area contributed by atoms with Gasteiger partial charge in [0.15, 0.2) is 0 Å². The average molecular weight is 1050 g/mol. The van der Waals surface area contributed by atoms with E-state index in [0.717, 1.165) is 33.3 Å². The normalized spacial score (nSPS) is 14.9. The summed E-state index contributed by atoms with van der Waals surface area (Å²) < 4.78 is 9.02. The Kier molecular flexibility index (Phi) is 9.79. The quantitative estimate of drug-likeness (QED) is 0.165. The molecule has 3 aliphatic rings. The van der Waals surface area contributed by atoms with E-state index in [4.69, 9.17) is 9.72 Å². The summed E-state index contributed by atoms with van der Waals surface area (Å²) in [7, 11) is 2.16. The van der Waals surface area contributed by atoms with Crippen molar-refractivity contribution in [3.8, 4) is 28.4 Å². The fraction of sp³-hybridized carbons (Fsp3) is 0.305. The Morgan fingerprint density at radius 2 is 1.26 bits per heavy atom. The number of fused-ring (bicyclic) bond motifs is 12. The number of rotatable bonds is 3. The van der Waals surface area contributed by atoms with E-state index in [1.165, 1.54) is 67.0 Å². The minimum atomic E-state index is -0.670. The molecule has 1 spiro atoms. The minimum Gasteiger partial charge on any atom is -0.509 e. The van der Waals surface area contributed by atoms with Crippen LogP contribution in [0.1, 0.15) is 128 Å². The second kappa shape index (κ2) is 14.6. The number of pyridine rings is 2. The molecule has 5 heterocycles. The van der Waals surface area contributed by atoms with Gasteiger partial charge in [-0.1, -0.05) is 137 Å². The van der Waals surface area contributed by atoms with Crippen LogP contribution in [0.4, 0.5) is 17.1 Å². The van der Waals surface area contributed by atoms with Crippen molar-refractivity contribution in [1.82, 2.24) is 14.5 Å². The summed E-state index contributed by atoms with van der Waals surface area (Å²) in [4.78, 5) is 13.8. The minimum absolute atomic E-state index is 0. The van der Waals surface area contributed by atoms with Crippen LogP contribution in [-0.4, -0.2) is 21.6 Å². The van der Waals surface area contributed by atoms with Crippen LogP contribution in [0, 0.1) is 18.8 Å². The standard InChI is InChI=1S/C59H58N5O.Pt/c1-55(2,3)35-27-41-42-28-36(56(4,5)6)30-46(58(10,11)12)53(42)59(52(41)45(29-35)57(7,8)9)43-23-21-38(32-49(43)63-34-62(13)47-18-16-17-44(59)54(47)63)65-37-20-22-39-40-24-26-60-33-50(40)64(48(39)31-37)51-19-14-15-25-61-51;/h14-30,33-34H,1-13H3;/q-3;. The molecule has 0 amide bonds. The van der Waals surface area contributed by atoms with Gasteiger partial charge in [0.05, 0.1) is 11.7 Å². The molecule has 0 fully saturated rings. The van der Waals surface area contributed by atoms with Gasteiger partial charge >= 0.3 is 0 Å². The number of hydrogen-bond donors (Lipinski definition) is 0. The SMILES string of the molecule is CN1[CH-]N2c3[c-]c(Oc4[c-]c5c(cc4)c4ccncc4n5-c4ccccn4)ccc3C3(c4cccc1c42)c1c(cc(C(C)(C)C)cc1C(C)(C)C)-c1cc(C(C)(C)C)cc(C(C)(C)C)c13.[Pt]. The molecule has 7 heteroatoms. The Morgan fingerprint density at radius 3 is 1.86 bits per heavy atom. The Hall–Kier alpha value is -5.71. The molecule has 0 bridgehead atoms. The van der Waals surface area contributed by atoms with Gasteiger partial charge in [0.2, 0.25) is 0 Å². The fourth-order valence-electron chi connectivity index (χ4n) is 10.9. The summed E-state index contributed by atoms with van der Waals surface area (Å²) >= 11 is 0. The predicted molar refractivity (Wildman–Crippen MR) is 268 cm³/mol. The zero-order chi connectivity index (χ0) is 45.7. The van der Waals surface area contributed by atoms with Crippen molar-refractivity contribution in [2.45, 2.75) is 110 Å². The molecule has 1 aliphatic carbocycles. The van der Waals surface area contributed by atoms with Crippen LogP contribution in [0.15, 0.2) is 110 Å². The van der Waals surface area contributed by atoms with Crippen LogP contribution in [0.25, 0.3) is 38.8 Å². The first-order chi connectivity index (χ1) is 30.7.